The number of amides is 1. The van der Waals surface area contributed by atoms with Crippen LogP contribution in [0.3, 0.4) is 0 Å². The Hall–Kier alpha value is -0.870. The molecule has 0 aliphatic carbocycles. The van der Waals surface area contributed by atoms with Crippen LogP contribution in [0.25, 0.3) is 0 Å². The maximum absolute atomic E-state index is 11.9. The van der Waals surface area contributed by atoms with Crippen LogP contribution in [0.2, 0.25) is 0 Å². The van der Waals surface area contributed by atoms with Crippen molar-refractivity contribution in [1.82, 2.24) is 4.90 Å². The van der Waals surface area contributed by atoms with E-state index in [1.165, 1.54) is 0 Å². The summed E-state index contributed by atoms with van der Waals surface area (Å²) in [5, 5.41) is 0. The quantitative estimate of drug-likeness (QED) is 0.917. The fraction of sp³-hybridized carbons (Fsp3) is 0.417. The Morgan fingerprint density at radius 1 is 1.50 bits per heavy atom. The first kappa shape index (κ1) is 13.2. The van der Waals surface area contributed by atoms with Crippen molar-refractivity contribution in [2.24, 2.45) is 5.73 Å². The summed E-state index contributed by atoms with van der Waals surface area (Å²) in [6.45, 7) is 2.43. The van der Waals surface area contributed by atoms with Crippen LogP contribution in [0, 0.1) is 0 Å². The first-order valence-electron chi connectivity index (χ1n) is 5.25. The second-order valence-corrected chi connectivity index (χ2v) is 4.71. The molecule has 88 valence electrons. The highest BCUT2D eigenvalue weighted by molar-refractivity contribution is 9.10. The predicted octanol–water partition coefficient (Wildman–Crippen LogP) is 1.80. The molecule has 0 aromatic heterocycles. The molecule has 0 aliphatic rings. The number of carbonyl (C=O) groups excluding carboxylic acids is 1. The molecule has 3 nitrogen and oxygen atoms in total. The fourth-order valence-corrected chi connectivity index (χ4v) is 1.76. The first-order chi connectivity index (χ1) is 7.56. The molecular weight excluding hydrogens is 268 g/mol. The molecule has 0 fully saturated rings. The number of hydrogen-bond donors (Lipinski definition) is 1. The molecule has 16 heavy (non-hydrogen) atoms. The molecule has 0 spiro atoms. The summed E-state index contributed by atoms with van der Waals surface area (Å²) in [5.41, 5.74) is 6.53. The summed E-state index contributed by atoms with van der Waals surface area (Å²) >= 11 is 3.43. The molecule has 1 amide bonds. The third-order valence-electron chi connectivity index (χ3n) is 2.70. The lowest BCUT2D eigenvalue weighted by Crippen LogP contribution is -2.40. The topological polar surface area (TPSA) is 46.3 Å². The molecule has 4 heteroatoms. The summed E-state index contributed by atoms with van der Waals surface area (Å²) in [4.78, 5) is 13.6. The van der Waals surface area contributed by atoms with Crippen LogP contribution in [0.5, 0.6) is 0 Å². The zero-order chi connectivity index (χ0) is 12.1. The Balaban J connectivity index is 2.68. The molecule has 0 radical (unpaired) electrons. The van der Waals surface area contributed by atoms with Crippen molar-refractivity contribution in [2.75, 3.05) is 13.6 Å². The van der Waals surface area contributed by atoms with E-state index in [1.54, 1.807) is 11.9 Å². The molecule has 1 unspecified atom stereocenters. The zero-order valence-electron chi connectivity index (χ0n) is 9.61. The molecule has 1 atom stereocenters. The largest absolute Gasteiger partial charge is 0.341 e. The van der Waals surface area contributed by atoms with E-state index in [-0.39, 0.29) is 11.9 Å². The van der Waals surface area contributed by atoms with Gasteiger partial charge in [0.1, 0.15) is 0 Å². The normalized spacial score (nSPS) is 12.2. The Bertz CT molecular complexity index is 368. The van der Waals surface area contributed by atoms with Crippen LogP contribution < -0.4 is 5.73 Å². The van der Waals surface area contributed by atoms with Gasteiger partial charge in [0.05, 0.1) is 6.42 Å². The third-order valence-corrected chi connectivity index (χ3v) is 3.47. The number of carbonyl (C=O) groups is 1. The van der Waals surface area contributed by atoms with E-state index in [4.69, 9.17) is 5.73 Å². The Morgan fingerprint density at radius 3 is 2.69 bits per heavy atom. The van der Waals surface area contributed by atoms with E-state index in [1.807, 2.05) is 31.2 Å². The number of rotatable bonds is 4. The average molecular weight is 285 g/mol. The van der Waals surface area contributed by atoms with Gasteiger partial charge in [-0.15, -0.1) is 0 Å². The van der Waals surface area contributed by atoms with Gasteiger partial charge in [-0.25, -0.2) is 0 Å². The van der Waals surface area contributed by atoms with Crippen molar-refractivity contribution in [3.8, 4) is 0 Å². The minimum Gasteiger partial charge on any atom is -0.341 e. The molecule has 0 heterocycles. The summed E-state index contributed by atoms with van der Waals surface area (Å²) in [5.74, 6) is 0.0878. The van der Waals surface area contributed by atoms with Crippen LogP contribution in [-0.2, 0) is 11.2 Å². The van der Waals surface area contributed by atoms with E-state index < -0.39 is 0 Å². The Labute approximate surface area is 105 Å². The molecule has 0 saturated heterocycles. The molecule has 1 aromatic rings. The fourth-order valence-electron chi connectivity index (χ4n) is 1.33. The summed E-state index contributed by atoms with van der Waals surface area (Å²) in [6, 6.07) is 7.83. The van der Waals surface area contributed by atoms with Gasteiger partial charge in [0.2, 0.25) is 5.91 Å². The average Bonchev–Trinajstić information content (AvgIpc) is 2.30. The van der Waals surface area contributed by atoms with E-state index >= 15 is 0 Å². The Morgan fingerprint density at radius 2 is 2.12 bits per heavy atom. The van der Waals surface area contributed by atoms with Gasteiger partial charge < -0.3 is 10.6 Å². The maximum Gasteiger partial charge on any atom is 0.227 e. The van der Waals surface area contributed by atoms with Crippen LogP contribution in [-0.4, -0.2) is 30.4 Å². The van der Waals surface area contributed by atoms with Crippen LogP contribution in [0.15, 0.2) is 28.7 Å². The van der Waals surface area contributed by atoms with Crippen molar-refractivity contribution >= 4 is 21.8 Å². The number of nitrogens with two attached hydrogens (primary N) is 1. The lowest BCUT2D eigenvalue weighted by atomic mass is 10.1. The number of likely N-dealkylation sites (N-methyl/N-ethyl adjacent to an activating group) is 1. The smallest absolute Gasteiger partial charge is 0.227 e. The van der Waals surface area contributed by atoms with Crippen molar-refractivity contribution in [3.63, 3.8) is 0 Å². The standard InChI is InChI=1S/C12H17BrN2O/c1-9(8-14)15(2)12(16)7-10-5-3-4-6-11(10)13/h3-6,9H,7-8,14H2,1-2H3. The van der Waals surface area contributed by atoms with Gasteiger partial charge in [0, 0.05) is 24.1 Å². The number of nitrogens with zero attached hydrogens (tertiary/aromatic N) is 1. The van der Waals surface area contributed by atoms with Crippen LogP contribution in [0.1, 0.15) is 12.5 Å². The van der Waals surface area contributed by atoms with E-state index in [9.17, 15) is 4.79 Å². The summed E-state index contributed by atoms with van der Waals surface area (Å²) in [6.07, 6.45) is 0.405. The molecular formula is C12H17BrN2O. The molecule has 0 bridgehead atoms. The summed E-state index contributed by atoms with van der Waals surface area (Å²) < 4.78 is 0.970. The van der Waals surface area contributed by atoms with Crippen molar-refractivity contribution in [3.05, 3.63) is 34.3 Å². The molecule has 1 rings (SSSR count). The zero-order valence-corrected chi connectivity index (χ0v) is 11.2. The van der Waals surface area contributed by atoms with E-state index in [0.717, 1.165) is 10.0 Å². The lowest BCUT2D eigenvalue weighted by molar-refractivity contribution is -0.130. The highest BCUT2D eigenvalue weighted by Gasteiger charge is 2.15. The summed E-state index contributed by atoms with van der Waals surface area (Å²) in [7, 11) is 1.79. The second-order valence-electron chi connectivity index (χ2n) is 3.86. The van der Waals surface area contributed by atoms with Crippen molar-refractivity contribution in [1.29, 1.82) is 0 Å². The first-order valence-corrected chi connectivity index (χ1v) is 6.04. The number of halogens is 1. The molecule has 2 N–H and O–H groups in total. The van der Waals surface area contributed by atoms with Crippen molar-refractivity contribution in [2.45, 2.75) is 19.4 Å². The highest BCUT2D eigenvalue weighted by Crippen LogP contribution is 2.17. The monoisotopic (exact) mass is 284 g/mol. The van der Waals surface area contributed by atoms with Crippen LogP contribution in [0.4, 0.5) is 0 Å². The molecule has 1 aromatic carbocycles. The SMILES string of the molecule is CC(CN)N(C)C(=O)Cc1ccccc1Br. The van der Waals surface area contributed by atoms with Gasteiger partial charge >= 0.3 is 0 Å². The van der Waals surface area contributed by atoms with E-state index in [0.29, 0.717) is 13.0 Å². The second kappa shape index (κ2) is 6.01. The lowest BCUT2D eigenvalue weighted by Gasteiger charge is -2.23. The Kier molecular flexibility index (Phi) is 4.96. The molecule has 0 aliphatic heterocycles. The highest BCUT2D eigenvalue weighted by atomic mass is 79.9. The van der Waals surface area contributed by atoms with Gasteiger partial charge in [0.15, 0.2) is 0 Å². The maximum atomic E-state index is 11.9. The van der Waals surface area contributed by atoms with Gasteiger partial charge in [0.25, 0.3) is 0 Å². The van der Waals surface area contributed by atoms with Gasteiger partial charge in [-0.1, -0.05) is 34.1 Å². The molecule has 0 saturated carbocycles. The van der Waals surface area contributed by atoms with E-state index in [2.05, 4.69) is 15.9 Å². The number of hydrogen-bond acceptors (Lipinski definition) is 2. The van der Waals surface area contributed by atoms with Gasteiger partial charge in [-0.05, 0) is 18.6 Å². The minimum atomic E-state index is 0.0787. The minimum absolute atomic E-state index is 0.0787. The number of benzene rings is 1. The predicted molar refractivity (Wildman–Crippen MR) is 69.1 cm³/mol. The van der Waals surface area contributed by atoms with Gasteiger partial charge in [-0.2, -0.15) is 0 Å². The third kappa shape index (κ3) is 3.32. The van der Waals surface area contributed by atoms with Crippen LogP contribution >= 0.6 is 15.9 Å². The van der Waals surface area contributed by atoms with Crippen molar-refractivity contribution < 1.29 is 4.79 Å². The van der Waals surface area contributed by atoms with Gasteiger partial charge in [-0.3, -0.25) is 4.79 Å².